The number of β-lactam (4-membered cyclic amide) rings is 1. The molecule has 1 aromatic rings. The Morgan fingerprint density at radius 2 is 2.25 bits per heavy atom. The van der Waals surface area contributed by atoms with Crippen LogP contribution in [0.1, 0.15) is 5.69 Å². The van der Waals surface area contributed by atoms with Gasteiger partial charge in [0.15, 0.2) is 10.8 Å². The first-order chi connectivity index (χ1) is 15.1. The number of anilines is 1. The summed E-state index contributed by atoms with van der Waals surface area (Å²) in [4.78, 5) is 47.8. The number of fused-ring (bicyclic) bond motifs is 1. The summed E-state index contributed by atoms with van der Waals surface area (Å²) in [6.45, 7) is 0. The summed E-state index contributed by atoms with van der Waals surface area (Å²) in [6, 6.07) is -0.960. The zero-order valence-corrected chi connectivity index (χ0v) is 20.2. The standard InChI is InChI=1S/C16H16BrN7O5S3/c1-29-23-8(7-11(17)32-16(20)22-7)12(25)21-9-13(26)24-10(15(27)28)5(4-31-14(9)24)30-3-2-6(18)19/h2-3,9,14H,4H2,1H3,(H3,18,19)(H2,20,22)(H,21,25)(H,27,28)/b3-2+,23-8-/t9?,14-/m1/s1. The highest BCUT2D eigenvalue weighted by atomic mass is 79.9. The van der Waals surface area contributed by atoms with E-state index in [1.165, 1.54) is 30.4 Å². The first kappa shape index (κ1) is 24.1. The fourth-order valence-electron chi connectivity index (χ4n) is 2.83. The number of amidine groups is 1. The fraction of sp³-hybridized carbons (Fsp3) is 0.250. The van der Waals surface area contributed by atoms with Crippen LogP contribution in [0.25, 0.3) is 0 Å². The summed E-state index contributed by atoms with van der Waals surface area (Å²) in [6.07, 6.45) is 1.31. The number of oxime groups is 1. The van der Waals surface area contributed by atoms with E-state index in [1.54, 1.807) is 0 Å². The zero-order chi connectivity index (χ0) is 23.6. The molecule has 2 aliphatic rings. The van der Waals surface area contributed by atoms with Crippen LogP contribution in [0.3, 0.4) is 0 Å². The van der Waals surface area contributed by atoms with Crippen LogP contribution in [0.5, 0.6) is 0 Å². The molecule has 0 aliphatic carbocycles. The molecule has 32 heavy (non-hydrogen) atoms. The average molecular weight is 562 g/mol. The first-order valence-electron chi connectivity index (χ1n) is 8.58. The Bertz CT molecular complexity index is 1090. The van der Waals surface area contributed by atoms with Crippen molar-refractivity contribution in [2.45, 2.75) is 11.4 Å². The molecule has 0 bridgehead atoms. The van der Waals surface area contributed by atoms with E-state index >= 15 is 0 Å². The number of hydrogen-bond donors (Lipinski definition) is 5. The molecule has 7 N–H and O–H groups in total. The summed E-state index contributed by atoms with van der Waals surface area (Å²) in [5, 5.41) is 24.2. The SMILES string of the molecule is CO/N=C(\C(=O)NC1C(=O)N2C(C(=O)O)=C(S/C=C/C(=N)N)CS[C@H]12)c1nc(N)sc1Br. The second kappa shape index (κ2) is 9.93. The second-order valence-electron chi connectivity index (χ2n) is 6.11. The number of carboxylic acids is 1. The Morgan fingerprint density at radius 3 is 2.81 bits per heavy atom. The highest BCUT2D eigenvalue weighted by Gasteiger charge is 2.54. The molecule has 3 heterocycles. The van der Waals surface area contributed by atoms with Crippen molar-refractivity contribution < 1.29 is 24.3 Å². The lowest BCUT2D eigenvalue weighted by Crippen LogP contribution is -2.71. The molecule has 170 valence electrons. The van der Waals surface area contributed by atoms with Crippen molar-refractivity contribution in [2.24, 2.45) is 10.9 Å². The number of nitrogens with two attached hydrogens (primary N) is 2. The van der Waals surface area contributed by atoms with Crippen LogP contribution in [-0.2, 0) is 19.2 Å². The number of thioether (sulfide) groups is 2. The van der Waals surface area contributed by atoms with Gasteiger partial charge in [-0.05, 0) is 27.4 Å². The van der Waals surface area contributed by atoms with E-state index in [2.05, 4.69) is 31.4 Å². The van der Waals surface area contributed by atoms with Crippen LogP contribution in [-0.4, -0.2) is 68.6 Å². The normalized spacial score (nSPS) is 20.8. The summed E-state index contributed by atoms with van der Waals surface area (Å²) in [5.41, 5.74) is 10.7. The van der Waals surface area contributed by atoms with Crippen LogP contribution < -0.4 is 16.8 Å². The van der Waals surface area contributed by atoms with Crippen LogP contribution in [0.2, 0.25) is 0 Å². The average Bonchev–Trinajstić information content (AvgIpc) is 3.06. The van der Waals surface area contributed by atoms with Gasteiger partial charge in [0.1, 0.15) is 39.5 Å². The Balaban J connectivity index is 1.79. The minimum absolute atomic E-state index is 0.161. The molecular formula is C16H16BrN7O5S3. The molecule has 12 nitrogen and oxygen atoms in total. The Morgan fingerprint density at radius 1 is 1.53 bits per heavy atom. The molecule has 3 rings (SSSR count). The maximum Gasteiger partial charge on any atom is 0.353 e. The number of nitrogens with zero attached hydrogens (tertiary/aromatic N) is 3. The fourth-order valence-corrected chi connectivity index (χ4v) is 6.51. The molecule has 0 saturated carbocycles. The van der Waals surface area contributed by atoms with Crippen LogP contribution in [0.4, 0.5) is 5.13 Å². The van der Waals surface area contributed by atoms with E-state index in [0.29, 0.717) is 14.4 Å². The van der Waals surface area contributed by atoms with Gasteiger partial charge in [0.25, 0.3) is 11.8 Å². The minimum atomic E-state index is -1.27. The van der Waals surface area contributed by atoms with Gasteiger partial charge in [-0.15, -0.1) is 11.8 Å². The molecule has 0 spiro atoms. The van der Waals surface area contributed by atoms with Crippen molar-refractivity contribution in [3.05, 3.63) is 31.6 Å². The van der Waals surface area contributed by atoms with E-state index in [-0.39, 0.29) is 28.1 Å². The van der Waals surface area contributed by atoms with Crippen molar-refractivity contribution in [1.29, 1.82) is 5.41 Å². The number of halogens is 1. The lowest BCUT2D eigenvalue weighted by molar-refractivity contribution is -0.150. The number of nitrogen functional groups attached to an aromatic ring is 1. The van der Waals surface area contributed by atoms with Gasteiger partial charge in [-0.25, -0.2) is 9.78 Å². The minimum Gasteiger partial charge on any atom is -0.477 e. The topological polar surface area (TPSA) is 197 Å². The summed E-state index contributed by atoms with van der Waals surface area (Å²) >= 11 is 6.72. The molecule has 2 atom stereocenters. The van der Waals surface area contributed by atoms with Crippen LogP contribution in [0.15, 0.2) is 31.0 Å². The van der Waals surface area contributed by atoms with Gasteiger partial charge in [0, 0.05) is 10.7 Å². The Hall–Kier alpha value is -2.56. The first-order valence-corrected chi connectivity index (χ1v) is 12.1. The number of aliphatic carboxylic acids is 1. The van der Waals surface area contributed by atoms with Gasteiger partial charge in [-0.3, -0.25) is 19.9 Å². The molecule has 1 fully saturated rings. The molecule has 1 saturated heterocycles. The quantitative estimate of drug-likeness (QED) is 0.130. The summed E-state index contributed by atoms with van der Waals surface area (Å²) in [7, 11) is 1.26. The molecule has 1 unspecified atom stereocenters. The number of aromatic nitrogens is 1. The summed E-state index contributed by atoms with van der Waals surface area (Å²) < 4.78 is 0.464. The van der Waals surface area contributed by atoms with Crippen LogP contribution in [0, 0.1) is 5.41 Å². The third-order valence-electron chi connectivity index (χ3n) is 4.10. The number of carbonyl (C=O) groups excluding carboxylic acids is 2. The molecule has 0 aromatic carbocycles. The maximum absolute atomic E-state index is 12.8. The molecule has 2 amide bonds. The smallest absolute Gasteiger partial charge is 0.353 e. The zero-order valence-electron chi connectivity index (χ0n) is 16.2. The van der Waals surface area contributed by atoms with Gasteiger partial charge >= 0.3 is 5.97 Å². The van der Waals surface area contributed by atoms with Gasteiger partial charge in [-0.2, -0.15) is 0 Å². The third kappa shape index (κ3) is 4.77. The monoisotopic (exact) mass is 561 g/mol. The van der Waals surface area contributed by atoms with E-state index in [9.17, 15) is 19.5 Å². The van der Waals surface area contributed by atoms with Crippen molar-refractivity contribution in [3.8, 4) is 0 Å². The predicted molar refractivity (Wildman–Crippen MR) is 126 cm³/mol. The lowest BCUT2D eigenvalue weighted by atomic mass is 10.0. The number of rotatable bonds is 8. The van der Waals surface area contributed by atoms with Gasteiger partial charge in [-0.1, -0.05) is 28.3 Å². The molecule has 1 aromatic heterocycles. The number of carboxylic acid groups (broad SMARTS) is 1. The highest BCUT2D eigenvalue weighted by Crippen LogP contribution is 2.43. The van der Waals surface area contributed by atoms with Gasteiger partial charge < -0.3 is 26.7 Å². The highest BCUT2D eigenvalue weighted by molar-refractivity contribution is 9.11. The lowest BCUT2D eigenvalue weighted by Gasteiger charge is -2.49. The second-order valence-corrected chi connectivity index (χ2v) is 10.6. The predicted octanol–water partition coefficient (Wildman–Crippen LogP) is 0.717. The van der Waals surface area contributed by atoms with Crippen molar-refractivity contribution in [2.75, 3.05) is 18.6 Å². The van der Waals surface area contributed by atoms with E-state index in [1.807, 2.05) is 0 Å². The third-order valence-corrected chi connectivity index (χ3v) is 8.00. The number of nitrogens with one attached hydrogen (secondary N) is 2. The number of amides is 2. The van der Waals surface area contributed by atoms with E-state index in [4.69, 9.17) is 21.7 Å². The van der Waals surface area contributed by atoms with Crippen LogP contribution >= 0.6 is 50.8 Å². The van der Waals surface area contributed by atoms with Gasteiger partial charge in [0.2, 0.25) is 0 Å². The largest absolute Gasteiger partial charge is 0.477 e. The molecule has 2 aliphatic heterocycles. The summed E-state index contributed by atoms with van der Waals surface area (Å²) in [5.74, 6) is -2.45. The van der Waals surface area contributed by atoms with Crippen molar-refractivity contribution >= 4 is 85.3 Å². The molecule has 0 radical (unpaired) electrons. The number of thiazole rings is 1. The molecule has 16 heteroatoms. The van der Waals surface area contributed by atoms with E-state index in [0.717, 1.165) is 28.0 Å². The Labute approximate surface area is 202 Å². The van der Waals surface area contributed by atoms with Crippen molar-refractivity contribution in [3.63, 3.8) is 0 Å². The Kier molecular flexibility index (Phi) is 7.47. The maximum atomic E-state index is 12.8. The molecular weight excluding hydrogens is 546 g/mol. The number of carbonyl (C=O) groups is 3. The van der Waals surface area contributed by atoms with Crippen molar-refractivity contribution in [1.82, 2.24) is 15.2 Å². The van der Waals surface area contributed by atoms with Gasteiger partial charge in [0.05, 0.1) is 0 Å². The number of hydrogen-bond acceptors (Lipinski definition) is 11. The van der Waals surface area contributed by atoms with E-state index < -0.39 is 29.2 Å².